The highest BCUT2D eigenvalue weighted by molar-refractivity contribution is 7.80. The van der Waals surface area contributed by atoms with Crippen LogP contribution in [0.5, 0.6) is 17.2 Å². The Bertz CT molecular complexity index is 1340. The number of nitrogens with zero attached hydrogens (tertiary/aromatic N) is 3. The summed E-state index contributed by atoms with van der Waals surface area (Å²) < 4.78 is 18.0. The maximum absolute atomic E-state index is 5.48. The largest absolute Gasteiger partial charge is 0.495 e. The zero-order valence-electron chi connectivity index (χ0n) is 19.6. The third-order valence-electron chi connectivity index (χ3n) is 5.15. The van der Waals surface area contributed by atoms with Crippen LogP contribution in [0, 0.1) is 0 Å². The third kappa shape index (κ3) is 5.59. The van der Waals surface area contributed by atoms with E-state index in [9.17, 15) is 0 Å². The second-order valence-electron chi connectivity index (χ2n) is 7.31. The van der Waals surface area contributed by atoms with Gasteiger partial charge in [0.2, 0.25) is 0 Å². The lowest BCUT2D eigenvalue weighted by molar-refractivity contribution is 0.355. The molecule has 0 saturated carbocycles. The summed E-state index contributed by atoms with van der Waals surface area (Å²) in [5.41, 5.74) is 6.89. The number of benzene rings is 3. The predicted molar refractivity (Wildman–Crippen MR) is 142 cm³/mol. The fourth-order valence-electron chi connectivity index (χ4n) is 3.46. The van der Waals surface area contributed by atoms with Gasteiger partial charge in [-0.05, 0) is 54.7 Å². The van der Waals surface area contributed by atoms with Gasteiger partial charge in [-0.15, -0.1) is 0 Å². The molecule has 0 aliphatic carbocycles. The molecule has 0 spiro atoms. The maximum atomic E-state index is 5.48. The number of para-hydroxylation sites is 3. The smallest absolute Gasteiger partial charge is 0.191 e. The minimum absolute atomic E-state index is 0.328. The molecule has 0 saturated heterocycles. The van der Waals surface area contributed by atoms with E-state index in [4.69, 9.17) is 31.5 Å². The van der Waals surface area contributed by atoms with Crippen molar-refractivity contribution in [3.63, 3.8) is 0 Å². The van der Waals surface area contributed by atoms with Crippen molar-refractivity contribution in [3.8, 4) is 34.2 Å². The highest BCUT2D eigenvalue weighted by Crippen LogP contribution is 2.33. The minimum Gasteiger partial charge on any atom is -0.495 e. The number of rotatable bonds is 8. The van der Waals surface area contributed by atoms with E-state index >= 15 is 0 Å². The number of hydrogen-bond acceptors (Lipinski definition) is 6. The molecule has 0 unspecified atom stereocenters. The molecule has 0 radical (unpaired) electrons. The fourth-order valence-corrected chi connectivity index (χ4v) is 3.62. The summed E-state index contributed by atoms with van der Waals surface area (Å²) in [6, 6.07) is 23.0. The van der Waals surface area contributed by atoms with Gasteiger partial charge in [0.15, 0.2) is 16.6 Å². The third-order valence-corrected chi connectivity index (χ3v) is 5.34. The molecule has 35 heavy (non-hydrogen) atoms. The van der Waals surface area contributed by atoms with Crippen molar-refractivity contribution >= 4 is 29.2 Å². The number of hydrazone groups is 1. The highest BCUT2D eigenvalue weighted by atomic mass is 32.1. The highest BCUT2D eigenvalue weighted by Gasteiger charge is 2.14. The van der Waals surface area contributed by atoms with Gasteiger partial charge in [-0.1, -0.05) is 30.3 Å². The Kier molecular flexibility index (Phi) is 7.59. The molecule has 0 bridgehead atoms. The molecule has 2 N–H and O–H groups in total. The normalized spacial score (nSPS) is 10.7. The van der Waals surface area contributed by atoms with Gasteiger partial charge in [0.05, 0.1) is 38.9 Å². The number of thiocarbonyl (C=S) groups is 1. The van der Waals surface area contributed by atoms with Crippen LogP contribution < -0.4 is 25.0 Å². The number of methoxy groups -OCH3 is 3. The first-order valence-corrected chi connectivity index (χ1v) is 11.1. The van der Waals surface area contributed by atoms with Crippen LogP contribution in [-0.2, 0) is 0 Å². The number of anilines is 1. The van der Waals surface area contributed by atoms with Crippen LogP contribution in [0.25, 0.3) is 16.9 Å². The van der Waals surface area contributed by atoms with Gasteiger partial charge in [0.25, 0.3) is 0 Å². The molecular weight excluding hydrogens is 462 g/mol. The fraction of sp³-hybridized carbons (Fsp3) is 0.115. The quantitative estimate of drug-likeness (QED) is 0.208. The summed E-state index contributed by atoms with van der Waals surface area (Å²) in [5.74, 6) is 1.94. The number of nitrogens with one attached hydrogen (secondary N) is 2. The van der Waals surface area contributed by atoms with E-state index in [0.29, 0.717) is 22.4 Å². The standard InChI is InChI=1S/C26H25N5O3S/c1-32-22-12-8-7-11-21(22)28-26(35)29-27-16-19-17-31(20-9-5-4-6-10-20)30-25(19)18-13-14-23(33-2)24(15-18)34-3/h4-17H,1-3H3,(H2,28,29,35)/b27-16+. The number of ether oxygens (including phenoxy) is 3. The minimum atomic E-state index is 0.328. The van der Waals surface area contributed by atoms with Crippen LogP contribution >= 0.6 is 12.2 Å². The SMILES string of the molecule is COc1ccccc1NC(=S)N/N=C/c1cn(-c2ccccc2)nc1-c1ccc(OC)c(OC)c1. The molecule has 9 heteroatoms. The van der Waals surface area contributed by atoms with Gasteiger partial charge >= 0.3 is 0 Å². The van der Waals surface area contributed by atoms with E-state index in [2.05, 4.69) is 15.8 Å². The molecule has 0 aliphatic rings. The van der Waals surface area contributed by atoms with Gasteiger partial charge in [0, 0.05) is 17.3 Å². The zero-order valence-corrected chi connectivity index (χ0v) is 20.4. The first-order valence-electron chi connectivity index (χ1n) is 10.7. The van der Waals surface area contributed by atoms with Crippen molar-refractivity contribution < 1.29 is 14.2 Å². The van der Waals surface area contributed by atoms with E-state index < -0.39 is 0 Å². The van der Waals surface area contributed by atoms with E-state index in [1.165, 1.54) is 0 Å². The summed E-state index contributed by atoms with van der Waals surface area (Å²) in [4.78, 5) is 0. The maximum Gasteiger partial charge on any atom is 0.191 e. The number of aromatic nitrogens is 2. The van der Waals surface area contributed by atoms with Crippen LogP contribution in [0.4, 0.5) is 5.69 Å². The van der Waals surface area contributed by atoms with Gasteiger partial charge < -0.3 is 19.5 Å². The molecule has 4 aromatic rings. The van der Waals surface area contributed by atoms with Crippen molar-refractivity contribution in [2.24, 2.45) is 5.10 Å². The van der Waals surface area contributed by atoms with Gasteiger partial charge in [0.1, 0.15) is 11.4 Å². The molecular formula is C26H25N5O3S. The molecule has 3 aromatic carbocycles. The summed E-state index contributed by atoms with van der Waals surface area (Å²) >= 11 is 5.38. The molecule has 0 atom stereocenters. The Hall–Kier alpha value is -4.37. The summed E-state index contributed by atoms with van der Waals surface area (Å²) in [7, 11) is 4.81. The average Bonchev–Trinajstić information content (AvgIpc) is 3.33. The van der Waals surface area contributed by atoms with Crippen molar-refractivity contribution in [2.75, 3.05) is 26.6 Å². The zero-order chi connectivity index (χ0) is 24.6. The van der Waals surface area contributed by atoms with Gasteiger partial charge in [-0.2, -0.15) is 10.2 Å². The molecule has 8 nitrogen and oxygen atoms in total. The molecule has 0 fully saturated rings. The summed E-state index contributed by atoms with van der Waals surface area (Å²) in [6.45, 7) is 0. The Morgan fingerprint density at radius 2 is 1.60 bits per heavy atom. The Morgan fingerprint density at radius 3 is 2.34 bits per heavy atom. The predicted octanol–water partition coefficient (Wildman–Crippen LogP) is 4.89. The Morgan fingerprint density at radius 1 is 0.886 bits per heavy atom. The van der Waals surface area contributed by atoms with Gasteiger partial charge in [-0.3, -0.25) is 5.43 Å². The number of hydrogen-bond donors (Lipinski definition) is 2. The molecule has 1 aromatic heterocycles. The van der Waals surface area contributed by atoms with E-state index in [1.807, 2.05) is 79.0 Å². The van der Waals surface area contributed by atoms with Crippen molar-refractivity contribution in [1.82, 2.24) is 15.2 Å². The second kappa shape index (κ2) is 11.2. The summed E-state index contributed by atoms with van der Waals surface area (Å²) in [6.07, 6.45) is 3.58. The van der Waals surface area contributed by atoms with Crippen molar-refractivity contribution in [1.29, 1.82) is 0 Å². The summed E-state index contributed by atoms with van der Waals surface area (Å²) in [5, 5.41) is 12.6. The lowest BCUT2D eigenvalue weighted by Crippen LogP contribution is -2.24. The molecule has 1 heterocycles. The van der Waals surface area contributed by atoms with Crippen molar-refractivity contribution in [3.05, 3.63) is 84.6 Å². The van der Waals surface area contributed by atoms with Crippen LogP contribution in [0.2, 0.25) is 0 Å². The monoisotopic (exact) mass is 487 g/mol. The van der Waals surface area contributed by atoms with Crippen LogP contribution in [-0.4, -0.2) is 42.4 Å². The van der Waals surface area contributed by atoms with Crippen molar-refractivity contribution in [2.45, 2.75) is 0 Å². The molecule has 178 valence electrons. The average molecular weight is 488 g/mol. The van der Waals surface area contributed by atoms with E-state index in [0.717, 1.165) is 28.2 Å². The van der Waals surface area contributed by atoms with E-state index in [1.54, 1.807) is 32.2 Å². The Balaban J connectivity index is 1.61. The Labute approximate surface area is 209 Å². The van der Waals surface area contributed by atoms with Crippen LogP contribution in [0.1, 0.15) is 5.56 Å². The first-order chi connectivity index (χ1) is 17.1. The van der Waals surface area contributed by atoms with E-state index in [-0.39, 0.29) is 0 Å². The lowest BCUT2D eigenvalue weighted by Gasteiger charge is -2.10. The first kappa shape index (κ1) is 23.8. The van der Waals surface area contributed by atoms with Crippen LogP contribution in [0.15, 0.2) is 84.1 Å². The van der Waals surface area contributed by atoms with Gasteiger partial charge in [-0.25, -0.2) is 4.68 Å². The lowest BCUT2D eigenvalue weighted by atomic mass is 10.1. The molecule has 0 amide bonds. The molecule has 0 aliphatic heterocycles. The topological polar surface area (TPSA) is 81.9 Å². The second-order valence-corrected chi connectivity index (χ2v) is 7.72. The van der Waals surface area contributed by atoms with Crippen LogP contribution in [0.3, 0.4) is 0 Å². The molecule has 4 rings (SSSR count).